The molecule has 0 saturated carbocycles. The minimum absolute atomic E-state index is 0.0660. The van der Waals surface area contributed by atoms with E-state index in [9.17, 15) is 8.42 Å². The second-order valence-electron chi connectivity index (χ2n) is 7.57. The molecule has 164 valence electrons. The van der Waals surface area contributed by atoms with Crippen molar-refractivity contribution in [3.63, 3.8) is 0 Å². The first-order valence-corrected chi connectivity index (χ1v) is 12.8. The topological polar surface area (TPSA) is 55.8 Å². The smallest absolute Gasteiger partial charge is 0.243 e. The SMILES string of the molecule is O=S(=O)(c1ccccc1)N(Cc1cccc(OCCc2cccs2)c1)C[C@@H]1CCCO1. The van der Waals surface area contributed by atoms with E-state index < -0.39 is 10.0 Å². The van der Waals surface area contributed by atoms with Crippen molar-refractivity contribution in [1.82, 2.24) is 4.31 Å². The second-order valence-corrected chi connectivity index (χ2v) is 10.5. The summed E-state index contributed by atoms with van der Waals surface area (Å²) >= 11 is 1.72. The molecule has 1 atom stereocenters. The second kappa shape index (κ2) is 10.4. The van der Waals surface area contributed by atoms with E-state index in [0.717, 1.165) is 30.6 Å². The van der Waals surface area contributed by atoms with Crippen molar-refractivity contribution >= 4 is 21.4 Å². The summed E-state index contributed by atoms with van der Waals surface area (Å²) in [4.78, 5) is 1.59. The quantitative estimate of drug-likeness (QED) is 0.441. The van der Waals surface area contributed by atoms with Crippen LogP contribution in [0.2, 0.25) is 0 Å². The Bertz CT molecular complexity index is 1050. The highest BCUT2D eigenvalue weighted by Gasteiger charge is 2.29. The van der Waals surface area contributed by atoms with Crippen LogP contribution >= 0.6 is 11.3 Å². The Hall–Kier alpha value is -2.19. The lowest BCUT2D eigenvalue weighted by atomic mass is 10.2. The highest BCUT2D eigenvalue weighted by Crippen LogP contribution is 2.24. The molecule has 0 amide bonds. The molecular formula is C24H27NO4S2. The molecular weight excluding hydrogens is 430 g/mol. The third kappa shape index (κ3) is 5.95. The van der Waals surface area contributed by atoms with Gasteiger partial charge >= 0.3 is 0 Å². The molecule has 3 aromatic rings. The van der Waals surface area contributed by atoms with Crippen LogP contribution in [0.5, 0.6) is 5.75 Å². The lowest BCUT2D eigenvalue weighted by Gasteiger charge is -2.25. The molecule has 1 saturated heterocycles. The fraction of sp³-hybridized carbons (Fsp3) is 0.333. The van der Waals surface area contributed by atoms with Crippen LogP contribution in [0.3, 0.4) is 0 Å². The van der Waals surface area contributed by atoms with Gasteiger partial charge in [0.15, 0.2) is 0 Å². The van der Waals surface area contributed by atoms with Gasteiger partial charge in [0.05, 0.1) is 17.6 Å². The molecule has 2 heterocycles. The first kappa shape index (κ1) is 22.0. The van der Waals surface area contributed by atoms with Crippen LogP contribution < -0.4 is 4.74 Å². The highest BCUT2D eigenvalue weighted by atomic mass is 32.2. The minimum atomic E-state index is -3.63. The zero-order chi connectivity index (χ0) is 21.5. The third-order valence-electron chi connectivity index (χ3n) is 5.27. The zero-order valence-corrected chi connectivity index (χ0v) is 19.0. The van der Waals surface area contributed by atoms with E-state index in [-0.39, 0.29) is 12.6 Å². The number of thiophene rings is 1. The molecule has 31 heavy (non-hydrogen) atoms. The monoisotopic (exact) mass is 457 g/mol. The van der Waals surface area contributed by atoms with Crippen LogP contribution in [0.1, 0.15) is 23.3 Å². The molecule has 1 aliphatic heterocycles. The van der Waals surface area contributed by atoms with Gasteiger partial charge in [-0.05, 0) is 54.1 Å². The fourth-order valence-electron chi connectivity index (χ4n) is 3.67. The van der Waals surface area contributed by atoms with Gasteiger partial charge in [-0.25, -0.2) is 8.42 Å². The van der Waals surface area contributed by atoms with Crippen LogP contribution in [0, 0.1) is 0 Å². The Morgan fingerprint density at radius 2 is 1.94 bits per heavy atom. The average Bonchev–Trinajstić information content (AvgIpc) is 3.49. The fourth-order valence-corrected chi connectivity index (χ4v) is 5.84. The van der Waals surface area contributed by atoms with Gasteiger partial charge < -0.3 is 9.47 Å². The van der Waals surface area contributed by atoms with Crippen molar-refractivity contribution < 1.29 is 17.9 Å². The maximum absolute atomic E-state index is 13.4. The number of benzene rings is 2. The van der Waals surface area contributed by atoms with Crippen molar-refractivity contribution in [3.05, 3.63) is 82.6 Å². The number of sulfonamides is 1. The zero-order valence-electron chi connectivity index (χ0n) is 17.4. The Morgan fingerprint density at radius 1 is 1.06 bits per heavy atom. The molecule has 4 rings (SSSR count). The van der Waals surface area contributed by atoms with E-state index in [1.165, 1.54) is 9.18 Å². The van der Waals surface area contributed by atoms with Gasteiger partial charge in [0.2, 0.25) is 10.0 Å². The first-order valence-electron chi connectivity index (χ1n) is 10.5. The number of ether oxygens (including phenoxy) is 2. The van der Waals surface area contributed by atoms with Gasteiger partial charge in [-0.1, -0.05) is 36.4 Å². The summed E-state index contributed by atoms with van der Waals surface area (Å²) in [5.74, 6) is 0.753. The summed E-state index contributed by atoms with van der Waals surface area (Å²) in [7, 11) is -3.63. The maximum Gasteiger partial charge on any atom is 0.243 e. The van der Waals surface area contributed by atoms with Gasteiger partial charge in [0.25, 0.3) is 0 Å². The summed E-state index contributed by atoms with van der Waals surface area (Å²) in [5, 5.41) is 2.06. The molecule has 2 aromatic carbocycles. The minimum Gasteiger partial charge on any atom is -0.493 e. The third-order valence-corrected chi connectivity index (χ3v) is 8.03. The molecule has 1 aliphatic rings. The van der Waals surface area contributed by atoms with Crippen molar-refractivity contribution in [2.75, 3.05) is 19.8 Å². The van der Waals surface area contributed by atoms with Gasteiger partial charge in [-0.3, -0.25) is 0 Å². The van der Waals surface area contributed by atoms with E-state index >= 15 is 0 Å². The van der Waals surface area contributed by atoms with E-state index in [4.69, 9.17) is 9.47 Å². The van der Waals surface area contributed by atoms with Crippen molar-refractivity contribution in [2.45, 2.75) is 36.8 Å². The number of nitrogens with zero attached hydrogens (tertiary/aromatic N) is 1. The summed E-state index contributed by atoms with van der Waals surface area (Å²) in [6.45, 7) is 1.91. The number of rotatable bonds is 10. The molecule has 0 aliphatic carbocycles. The molecule has 1 fully saturated rings. The summed E-state index contributed by atoms with van der Waals surface area (Å²) < 4.78 is 39.9. The molecule has 0 spiro atoms. The molecule has 1 aromatic heterocycles. The summed E-state index contributed by atoms with van der Waals surface area (Å²) in [5.41, 5.74) is 0.895. The molecule has 0 N–H and O–H groups in total. The predicted octanol–water partition coefficient (Wildman–Crippen LogP) is 4.74. The van der Waals surface area contributed by atoms with E-state index in [1.54, 1.807) is 35.6 Å². The van der Waals surface area contributed by atoms with Crippen LogP contribution in [-0.2, 0) is 27.7 Å². The Labute approximate surface area is 188 Å². The van der Waals surface area contributed by atoms with E-state index in [2.05, 4.69) is 11.4 Å². The van der Waals surface area contributed by atoms with Gasteiger partial charge in [0, 0.05) is 31.0 Å². The molecule has 0 radical (unpaired) electrons. The molecule has 5 nitrogen and oxygen atoms in total. The largest absolute Gasteiger partial charge is 0.493 e. The summed E-state index contributed by atoms with van der Waals surface area (Å²) in [6, 6.07) is 20.4. The summed E-state index contributed by atoms with van der Waals surface area (Å²) in [6.07, 6.45) is 2.64. The van der Waals surface area contributed by atoms with Gasteiger partial charge in [-0.2, -0.15) is 4.31 Å². The van der Waals surface area contributed by atoms with E-state index in [0.29, 0.717) is 24.7 Å². The first-order chi connectivity index (χ1) is 15.1. The predicted molar refractivity (Wildman–Crippen MR) is 123 cm³/mol. The maximum atomic E-state index is 13.4. The number of hydrogen-bond donors (Lipinski definition) is 0. The molecule has 0 unspecified atom stereocenters. The molecule has 7 heteroatoms. The Kier molecular flexibility index (Phi) is 7.40. The van der Waals surface area contributed by atoms with E-state index in [1.807, 2.05) is 36.4 Å². The van der Waals surface area contributed by atoms with Crippen molar-refractivity contribution in [2.24, 2.45) is 0 Å². The van der Waals surface area contributed by atoms with Crippen molar-refractivity contribution in [3.8, 4) is 5.75 Å². The molecule has 0 bridgehead atoms. The lowest BCUT2D eigenvalue weighted by molar-refractivity contribution is 0.0926. The standard InChI is InChI=1S/C24H27NO4S2/c26-31(27,24-11-2-1-3-12-24)25(19-22-9-5-14-28-22)18-20-7-4-8-21(17-20)29-15-13-23-10-6-16-30-23/h1-4,6-8,10-12,16-17,22H,5,9,13-15,18-19H2/t22-/m0/s1. The van der Waals surface area contributed by atoms with Crippen LogP contribution in [-0.4, -0.2) is 38.6 Å². The Balaban J connectivity index is 1.48. The van der Waals surface area contributed by atoms with Crippen LogP contribution in [0.4, 0.5) is 0 Å². The highest BCUT2D eigenvalue weighted by molar-refractivity contribution is 7.89. The van der Waals surface area contributed by atoms with Crippen molar-refractivity contribution in [1.29, 1.82) is 0 Å². The lowest BCUT2D eigenvalue weighted by Crippen LogP contribution is -2.36. The van der Waals surface area contributed by atoms with Gasteiger partial charge in [0.1, 0.15) is 5.75 Å². The Morgan fingerprint density at radius 3 is 2.68 bits per heavy atom. The van der Waals surface area contributed by atoms with Gasteiger partial charge in [-0.15, -0.1) is 11.3 Å². The number of hydrogen-bond acceptors (Lipinski definition) is 5. The van der Waals surface area contributed by atoms with Crippen LogP contribution in [0.15, 0.2) is 77.0 Å². The normalized spacial score (nSPS) is 16.6. The average molecular weight is 458 g/mol. The van der Waals surface area contributed by atoms with Crippen LogP contribution in [0.25, 0.3) is 0 Å².